The number of guanidine groups is 1. The standard InChI is InChI=1S/C21H29ClN4O2.HI/c1-2-23-21(24-10-7-17-8-13-28-14-9-17)26-12-11-25(20(27)16-26)15-18-3-5-19(22)6-4-18;/h3-6,8H,2,7,9-16H2,1H3,(H,23,24);1H. The molecule has 0 atom stereocenters. The van der Waals surface area contributed by atoms with E-state index in [4.69, 9.17) is 21.3 Å². The molecule has 160 valence electrons. The summed E-state index contributed by atoms with van der Waals surface area (Å²) in [5.41, 5.74) is 2.51. The largest absolute Gasteiger partial charge is 0.377 e. The van der Waals surface area contributed by atoms with Crippen LogP contribution in [0.25, 0.3) is 0 Å². The fourth-order valence-electron chi connectivity index (χ4n) is 3.39. The van der Waals surface area contributed by atoms with E-state index in [1.807, 2.05) is 29.2 Å². The third-order valence-corrected chi connectivity index (χ3v) is 5.24. The number of ether oxygens (including phenoxy) is 1. The summed E-state index contributed by atoms with van der Waals surface area (Å²) in [7, 11) is 0. The fourth-order valence-corrected chi connectivity index (χ4v) is 3.52. The van der Waals surface area contributed by atoms with Crippen molar-refractivity contribution in [2.45, 2.75) is 26.3 Å². The highest BCUT2D eigenvalue weighted by molar-refractivity contribution is 14.0. The summed E-state index contributed by atoms with van der Waals surface area (Å²) in [5.74, 6) is 0.952. The highest BCUT2D eigenvalue weighted by Gasteiger charge is 2.26. The van der Waals surface area contributed by atoms with Crippen LogP contribution in [0.4, 0.5) is 0 Å². The van der Waals surface area contributed by atoms with Gasteiger partial charge in [0, 0.05) is 37.7 Å². The molecule has 1 aromatic carbocycles. The first-order valence-electron chi connectivity index (χ1n) is 9.97. The molecule has 1 saturated heterocycles. The summed E-state index contributed by atoms with van der Waals surface area (Å²) in [6, 6.07) is 7.67. The minimum Gasteiger partial charge on any atom is -0.377 e. The second-order valence-electron chi connectivity index (χ2n) is 7.04. The molecule has 0 spiro atoms. The lowest BCUT2D eigenvalue weighted by Crippen LogP contribution is -2.55. The van der Waals surface area contributed by atoms with Crippen LogP contribution >= 0.6 is 35.6 Å². The monoisotopic (exact) mass is 532 g/mol. The maximum absolute atomic E-state index is 12.7. The molecule has 0 unspecified atom stereocenters. The van der Waals surface area contributed by atoms with E-state index in [0.29, 0.717) is 31.3 Å². The third-order valence-electron chi connectivity index (χ3n) is 4.99. The minimum absolute atomic E-state index is 0. The van der Waals surface area contributed by atoms with Crippen molar-refractivity contribution >= 4 is 47.4 Å². The van der Waals surface area contributed by atoms with Gasteiger partial charge in [0.05, 0.1) is 19.8 Å². The zero-order valence-electron chi connectivity index (χ0n) is 16.9. The molecule has 1 amide bonds. The Hall–Kier alpha value is -1.32. The van der Waals surface area contributed by atoms with Crippen molar-refractivity contribution in [1.29, 1.82) is 0 Å². The second-order valence-corrected chi connectivity index (χ2v) is 7.47. The maximum atomic E-state index is 12.7. The number of piperazine rings is 1. The van der Waals surface area contributed by atoms with Gasteiger partial charge in [-0.2, -0.15) is 0 Å². The molecule has 8 heteroatoms. The first-order chi connectivity index (χ1) is 13.7. The first-order valence-corrected chi connectivity index (χ1v) is 10.3. The molecule has 2 heterocycles. The number of rotatable bonds is 6. The van der Waals surface area contributed by atoms with Crippen LogP contribution in [0.3, 0.4) is 0 Å². The first kappa shape index (κ1) is 24.0. The van der Waals surface area contributed by atoms with Crippen molar-refractivity contribution in [3.8, 4) is 0 Å². The summed E-state index contributed by atoms with van der Waals surface area (Å²) < 4.78 is 5.35. The molecule has 0 aliphatic carbocycles. The molecule has 3 rings (SSSR count). The number of hydrogen-bond acceptors (Lipinski definition) is 3. The van der Waals surface area contributed by atoms with Crippen molar-refractivity contribution in [3.05, 3.63) is 46.5 Å². The fraction of sp³-hybridized carbons (Fsp3) is 0.524. The van der Waals surface area contributed by atoms with Gasteiger partial charge in [0.15, 0.2) is 5.96 Å². The lowest BCUT2D eigenvalue weighted by molar-refractivity contribution is -0.135. The number of benzene rings is 1. The van der Waals surface area contributed by atoms with Crippen LogP contribution in [0, 0.1) is 0 Å². The summed E-state index contributed by atoms with van der Waals surface area (Å²) in [5, 5.41) is 4.04. The molecular weight excluding hydrogens is 503 g/mol. The number of halogens is 2. The van der Waals surface area contributed by atoms with E-state index in [1.165, 1.54) is 5.57 Å². The van der Waals surface area contributed by atoms with E-state index in [1.54, 1.807) is 0 Å². The van der Waals surface area contributed by atoms with Gasteiger partial charge in [-0.25, -0.2) is 0 Å². The van der Waals surface area contributed by atoms with Crippen LogP contribution in [0.2, 0.25) is 5.02 Å². The van der Waals surface area contributed by atoms with Gasteiger partial charge < -0.3 is 19.9 Å². The Morgan fingerprint density at radius 1 is 1.28 bits per heavy atom. The van der Waals surface area contributed by atoms with Gasteiger partial charge in [-0.05, 0) is 37.5 Å². The van der Waals surface area contributed by atoms with Crippen molar-refractivity contribution in [2.75, 3.05) is 45.9 Å². The van der Waals surface area contributed by atoms with Gasteiger partial charge in [0.2, 0.25) is 5.91 Å². The Labute approximate surface area is 195 Å². The number of amides is 1. The third kappa shape index (κ3) is 7.46. The number of carbonyl (C=O) groups is 1. The Morgan fingerprint density at radius 2 is 2.07 bits per heavy atom. The van der Waals surface area contributed by atoms with Gasteiger partial charge >= 0.3 is 0 Å². The van der Waals surface area contributed by atoms with E-state index in [2.05, 4.69) is 23.2 Å². The molecule has 0 bridgehead atoms. The average Bonchev–Trinajstić information content (AvgIpc) is 2.71. The van der Waals surface area contributed by atoms with Gasteiger partial charge in [0.1, 0.15) is 0 Å². The van der Waals surface area contributed by atoms with Crippen molar-refractivity contribution < 1.29 is 9.53 Å². The lowest BCUT2D eigenvalue weighted by Gasteiger charge is -2.36. The van der Waals surface area contributed by atoms with Crippen LogP contribution in [-0.4, -0.2) is 67.6 Å². The number of nitrogens with one attached hydrogen (secondary N) is 1. The summed E-state index contributed by atoms with van der Waals surface area (Å²) in [6.07, 6.45) is 4.10. The number of nitrogens with zero attached hydrogens (tertiary/aromatic N) is 3. The van der Waals surface area contributed by atoms with Crippen LogP contribution in [0.5, 0.6) is 0 Å². The molecule has 1 N–H and O–H groups in total. The number of carbonyl (C=O) groups excluding carboxylic acids is 1. The smallest absolute Gasteiger partial charge is 0.242 e. The zero-order valence-corrected chi connectivity index (χ0v) is 20.0. The summed E-state index contributed by atoms with van der Waals surface area (Å²) >= 11 is 5.94. The molecule has 2 aliphatic rings. The minimum atomic E-state index is 0. The number of hydrogen-bond donors (Lipinski definition) is 1. The van der Waals surface area contributed by atoms with E-state index >= 15 is 0 Å². The zero-order chi connectivity index (χ0) is 19.8. The summed E-state index contributed by atoms with van der Waals surface area (Å²) in [4.78, 5) is 21.4. The van der Waals surface area contributed by atoms with Gasteiger partial charge in [-0.15, -0.1) is 24.0 Å². The van der Waals surface area contributed by atoms with Crippen LogP contribution in [0.15, 0.2) is 40.9 Å². The molecular formula is C21H30ClIN4O2. The van der Waals surface area contributed by atoms with Crippen molar-refractivity contribution in [2.24, 2.45) is 4.99 Å². The van der Waals surface area contributed by atoms with E-state index in [9.17, 15) is 4.79 Å². The van der Waals surface area contributed by atoms with Gasteiger partial charge in [0.25, 0.3) is 0 Å². The van der Waals surface area contributed by atoms with Gasteiger partial charge in [-0.3, -0.25) is 9.79 Å². The Bertz CT molecular complexity index is 724. The maximum Gasteiger partial charge on any atom is 0.242 e. The molecule has 0 radical (unpaired) electrons. The molecule has 0 saturated carbocycles. The topological polar surface area (TPSA) is 57.2 Å². The lowest BCUT2D eigenvalue weighted by atomic mass is 10.1. The number of aliphatic imine (C=N–C) groups is 1. The highest BCUT2D eigenvalue weighted by Crippen LogP contribution is 2.14. The normalized spacial score (nSPS) is 17.7. The quantitative estimate of drug-likeness (QED) is 0.264. The van der Waals surface area contributed by atoms with E-state index in [-0.39, 0.29) is 29.9 Å². The van der Waals surface area contributed by atoms with E-state index in [0.717, 1.165) is 50.6 Å². The molecule has 1 fully saturated rings. The molecule has 2 aliphatic heterocycles. The Kier molecular flexibility index (Phi) is 10.2. The predicted octanol–water partition coefficient (Wildman–Crippen LogP) is 3.30. The predicted molar refractivity (Wildman–Crippen MR) is 128 cm³/mol. The second kappa shape index (κ2) is 12.4. The highest BCUT2D eigenvalue weighted by atomic mass is 127. The SMILES string of the molecule is CCNC(=NCCC1=CCOCC1)N1CCN(Cc2ccc(Cl)cc2)C(=O)C1.I. The van der Waals surface area contributed by atoms with Crippen LogP contribution < -0.4 is 5.32 Å². The molecule has 6 nitrogen and oxygen atoms in total. The van der Waals surface area contributed by atoms with Crippen molar-refractivity contribution in [1.82, 2.24) is 15.1 Å². The summed E-state index contributed by atoms with van der Waals surface area (Å²) in [6.45, 7) is 7.53. The molecule has 1 aromatic rings. The Balaban J connectivity index is 0.00000300. The average molecular weight is 533 g/mol. The molecule has 0 aromatic heterocycles. The van der Waals surface area contributed by atoms with Crippen LogP contribution in [-0.2, 0) is 16.1 Å². The van der Waals surface area contributed by atoms with Gasteiger partial charge in [-0.1, -0.05) is 35.4 Å². The van der Waals surface area contributed by atoms with E-state index < -0.39 is 0 Å². The Morgan fingerprint density at radius 3 is 2.72 bits per heavy atom. The van der Waals surface area contributed by atoms with Crippen LogP contribution in [0.1, 0.15) is 25.3 Å². The van der Waals surface area contributed by atoms with Crippen molar-refractivity contribution in [3.63, 3.8) is 0 Å². The molecule has 29 heavy (non-hydrogen) atoms.